The van der Waals surface area contributed by atoms with Crippen LogP contribution in [0.3, 0.4) is 0 Å². The van der Waals surface area contributed by atoms with Crippen LogP contribution >= 0.6 is 0 Å². The summed E-state index contributed by atoms with van der Waals surface area (Å²) in [6.45, 7) is 5.84. The molecule has 132 valence electrons. The monoisotopic (exact) mass is 331 g/mol. The van der Waals surface area contributed by atoms with E-state index in [1.807, 2.05) is 30.3 Å². The Morgan fingerprint density at radius 2 is 1.96 bits per heavy atom. The first kappa shape index (κ1) is 18.3. The summed E-state index contributed by atoms with van der Waals surface area (Å²) in [5.74, 6) is 0.606. The Morgan fingerprint density at radius 1 is 1.25 bits per heavy atom. The maximum atomic E-state index is 12.0. The van der Waals surface area contributed by atoms with Crippen molar-refractivity contribution in [3.8, 4) is 0 Å². The predicted octanol–water partition coefficient (Wildman–Crippen LogP) is 1.66. The second-order valence-electron chi connectivity index (χ2n) is 6.10. The van der Waals surface area contributed by atoms with Crippen molar-refractivity contribution in [2.45, 2.75) is 32.2 Å². The maximum Gasteiger partial charge on any atom is 0.243 e. The van der Waals surface area contributed by atoms with Crippen molar-refractivity contribution in [1.82, 2.24) is 15.5 Å². The number of amides is 1. The van der Waals surface area contributed by atoms with E-state index in [1.54, 1.807) is 7.05 Å². The zero-order chi connectivity index (χ0) is 17.2. The molecule has 0 spiro atoms. The zero-order valence-electron chi connectivity index (χ0n) is 14.7. The lowest BCUT2D eigenvalue weighted by Crippen LogP contribution is -2.49. The molecule has 0 radical (unpaired) electrons. The van der Waals surface area contributed by atoms with Gasteiger partial charge in [0.2, 0.25) is 5.91 Å². The minimum Gasteiger partial charge on any atom is -0.354 e. The van der Waals surface area contributed by atoms with Crippen molar-refractivity contribution < 1.29 is 4.79 Å². The molecule has 1 aromatic rings. The molecule has 6 nitrogen and oxygen atoms in total. The van der Waals surface area contributed by atoms with E-state index >= 15 is 0 Å². The quantitative estimate of drug-likeness (QED) is 0.548. The lowest BCUT2D eigenvalue weighted by Gasteiger charge is -2.32. The number of aliphatic imine (C=N–C) groups is 1. The second-order valence-corrected chi connectivity index (χ2v) is 6.10. The number of para-hydroxylation sites is 1. The Bertz CT molecular complexity index is 523. The van der Waals surface area contributed by atoms with Crippen LogP contribution in [0.4, 0.5) is 5.69 Å². The van der Waals surface area contributed by atoms with Gasteiger partial charge in [-0.25, -0.2) is 0 Å². The van der Waals surface area contributed by atoms with Gasteiger partial charge in [0.1, 0.15) is 0 Å². The lowest BCUT2D eigenvalue weighted by molar-refractivity contribution is -0.115. The highest BCUT2D eigenvalue weighted by Gasteiger charge is 2.19. The number of nitrogens with zero attached hydrogens (tertiary/aromatic N) is 2. The van der Waals surface area contributed by atoms with Gasteiger partial charge in [-0.3, -0.25) is 9.79 Å². The molecule has 0 aliphatic carbocycles. The van der Waals surface area contributed by atoms with Crippen LogP contribution in [0.5, 0.6) is 0 Å². The van der Waals surface area contributed by atoms with Gasteiger partial charge in [0.25, 0.3) is 0 Å². The lowest BCUT2D eigenvalue weighted by atomic mass is 10.1. The average molecular weight is 331 g/mol. The number of likely N-dealkylation sites (tertiary alicyclic amines) is 1. The normalized spacial score (nSPS) is 16.7. The summed E-state index contributed by atoms with van der Waals surface area (Å²) < 4.78 is 0. The number of anilines is 1. The Hall–Kier alpha value is -2.08. The van der Waals surface area contributed by atoms with Crippen LogP contribution in [0.2, 0.25) is 0 Å². The van der Waals surface area contributed by atoms with E-state index in [-0.39, 0.29) is 12.5 Å². The Morgan fingerprint density at radius 3 is 2.58 bits per heavy atom. The number of benzene rings is 1. The third-order valence-corrected chi connectivity index (χ3v) is 4.17. The minimum atomic E-state index is -0.0816. The molecule has 0 unspecified atom stereocenters. The summed E-state index contributed by atoms with van der Waals surface area (Å²) in [5.41, 5.74) is 0.801. The number of guanidine groups is 1. The molecule has 0 bridgehead atoms. The predicted molar refractivity (Wildman–Crippen MR) is 99.3 cm³/mol. The first-order valence-corrected chi connectivity index (χ1v) is 8.75. The van der Waals surface area contributed by atoms with E-state index < -0.39 is 0 Å². The molecular formula is C18H29N5O. The van der Waals surface area contributed by atoms with Crippen molar-refractivity contribution >= 4 is 17.6 Å². The maximum absolute atomic E-state index is 12.0. The number of carbonyl (C=O) groups is 1. The van der Waals surface area contributed by atoms with E-state index in [0.29, 0.717) is 12.0 Å². The number of hydrogen-bond acceptors (Lipinski definition) is 3. The SMILES string of the molecule is CCCN1CCC(NC(=NC)NCC(=O)Nc2ccccc2)CC1. The molecule has 3 N–H and O–H groups in total. The van der Waals surface area contributed by atoms with E-state index in [1.165, 1.54) is 13.0 Å². The van der Waals surface area contributed by atoms with Gasteiger partial charge in [0.05, 0.1) is 6.54 Å². The number of carbonyl (C=O) groups excluding carboxylic acids is 1. The molecule has 1 heterocycles. The molecular weight excluding hydrogens is 302 g/mol. The molecule has 1 aliphatic rings. The smallest absolute Gasteiger partial charge is 0.243 e. The van der Waals surface area contributed by atoms with Gasteiger partial charge in [0, 0.05) is 31.9 Å². The van der Waals surface area contributed by atoms with Crippen molar-refractivity contribution in [2.24, 2.45) is 4.99 Å². The number of piperidine rings is 1. The van der Waals surface area contributed by atoms with Gasteiger partial charge in [-0.2, -0.15) is 0 Å². The van der Waals surface area contributed by atoms with E-state index in [0.717, 1.165) is 31.6 Å². The summed E-state index contributed by atoms with van der Waals surface area (Å²) in [7, 11) is 1.73. The third-order valence-electron chi connectivity index (χ3n) is 4.17. The topological polar surface area (TPSA) is 68.8 Å². The summed E-state index contributed by atoms with van der Waals surface area (Å²) >= 11 is 0. The van der Waals surface area contributed by atoms with Gasteiger partial charge >= 0.3 is 0 Å². The van der Waals surface area contributed by atoms with Crippen molar-refractivity contribution in [2.75, 3.05) is 38.5 Å². The van der Waals surface area contributed by atoms with E-state index in [9.17, 15) is 4.79 Å². The summed E-state index contributed by atoms with van der Waals surface area (Å²) in [6, 6.07) is 9.87. The first-order valence-electron chi connectivity index (χ1n) is 8.75. The van der Waals surface area contributed by atoms with Crippen molar-refractivity contribution in [3.05, 3.63) is 30.3 Å². The summed E-state index contributed by atoms with van der Waals surface area (Å²) in [6.07, 6.45) is 3.42. The zero-order valence-corrected chi connectivity index (χ0v) is 14.7. The van der Waals surface area contributed by atoms with E-state index in [2.05, 4.69) is 32.8 Å². The highest BCUT2D eigenvalue weighted by molar-refractivity contribution is 5.94. The Labute approximate surface area is 144 Å². The fraction of sp³-hybridized carbons (Fsp3) is 0.556. The van der Waals surface area contributed by atoms with Crippen LogP contribution in [-0.4, -0.2) is 56.0 Å². The molecule has 0 saturated carbocycles. The fourth-order valence-corrected chi connectivity index (χ4v) is 2.90. The first-order chi connectivity index (χ1) is 11.7. The molecule has 0 aromatic heterocycles. The van der Waals surface area contributed by atoms with Crippen LogP contribution in [-0.2, 0) is 4.79 Å². The molecule has 1 fully saturated rings. The molecule has 6 heteroatoms. The van der Waals surface area contributed by atoms with Crippen LogP contribution < -0.4 is 16.0 Å². The molecule has 2 rings (SSSR count). The molecule has 0 atom stereocenters. The number of nitrogens with one attached hydrogen (secondary N) is 3. The molecule has 1 amide bonds. The molecule has 1 aliphatic heterocycles. The average Bonchev–Trinajstić information content (AvgIpc) is 2.61. The number of rotatable bonds is 6. The largest absolute Gasteiger partial charge is 0.354 e. The van der Waals surface area contributed by atoms with Crippen molar-refractivity contribution in [3.63, 3.8) is 0 Å². The summed E-state index contributed by atoms with van der Waals surface area (Å²) in [5, 5.41) is 9.36. The standard InChI is InChI=1S/C18H29N5O/c1-3-11-23-12-9-16(10-13-23)22-18(19-2)20-14-17(24)21-15-7-5-4-6-8-15/h4-8,16H,3,9-14H2,1-2H3,(H,21,24)(H2,19,20,22). The van der Waals surface area contributed by atoms with Gasteiger partial charge in [-0.1, -0.05) is 25.1 Å². The van der Waals surface area contributed by atoms with Gasteiger partial charge < -0.3 is 20.9 Å². The van der Waals surface area contributed by atoms with Gasteiger partial charge in [0.15, 0.2) is 5.96 Å². The molecule has 1 saturated heterocycles. The van der Waals surface area contributed by atoms with Gasteiger partial charge in [-0.05, 0) is 37.9 Å². The molecule has 1 aromatic carbocycles. The van der Waals surface area contributed by atoms with Crippen molar-refractivity contribution in [1.29, 1.82) is 0 Å². The third kappa shape index (κ3) is 6.20. The highest BCUT2D eigenvalue weighted by atomic mass is 16.1. The van der Waals surface area contributed by atoms with Gasteiger partial charge in [-0.15, -0.1) is 0 Å². The number of hydrogen-bond donors (Lipinski definition) is 3. The fourth-order valence-electron chi connectivity index (χ4n) is 2.90. The summed E-state index contributed by atoms with van der Waals surface area (Å²) in [4.78, 5) is 18.7. The van der Waals surface area contributed by atoms with Crippen LogP contribution in [0.15, 0.2) is 35.3 Å². The van der Waals surface area contributed by atoms with Crippen LogP contribution in [0, 0.1) is 0 Å². The van der Waals surface area contributed by atoms with Crippen LogP contribution in [0.1, 0.15) is 26.2 Å². The van der Waals surface area contributed by atoms with Crippen LogP contribution in [0.25, 0.3) is 0 Å². The highest BCUT2D eigenvalue weighted by Crippen LogP contribution is 2.10. The minimum absolute atomic E-state index is 0.0816. The molecule has 24 heavy (non-hydrogen) atoms. The van der Waals surface area contributed by atoms with E-state index in [4.69, 9.17) is 0 Å². The second kappa shape index (κ2) is 9.93. The Balaban J connectivity index is 1.70. The Kier molecular flexibility index (Phi) is 7.55.